The van der Waals surface area contributed by atoms with Gasteiger partial charge in [0, 0.05) is 4.88 Å². The highest BCUT2D eigenvalue weighted by Crippen LogP contribution is 2.30. The Morgan fingerprint density at radius 3 is 2.81 bits per heavy atom. The Kier molecular flexibility index (Phi) is 5.36. The van der Waals surface area contributed by atoms with Crippen LogP contribution in [0.3, 0.4) is 0 Å². The number of carbonyl (C=O) groups is 2. The summed E-state index contributed by atoms with van der Waals surface area (Å²) in [5.41, 5.74) is 0.456. The number of anilines is 1. The molecule has 21 heavy (non-hydrogen) atoms. The molecule has 1 amide bonds. The van der Waals surface area contributed by atoms with Crippen LogP contribution in [0.5, 0.6) is 0 Å². The van der Waals surface area contributed by atoms with Crippen LogP contribution in [0.1, 0.15) is 42.4 Å². The van der Waals surface area contributed by atoms with E-state index in [9.17, 15) is 9.59 Å². The Morgan fingerprint density at radius 2 is 2.24 bits per heavy atom. The zero-order valence-electron chi connectivity index (χ0n) is 12.7. The van der Waals surface area contributed by atoms with Gasteiger partial charge >= 0.3 is 5.97 Å². The second kappa shape index (κ2) is 7.04. The molecule has 0 radical (unpaired) electrons. The molecule has 1 aliphatic heterocycles. The molecule has 0 aromatic carbocycles. The van der Waals surface area contributed by atoms with E-state index in [-0.39, 0.29) is 17.9 Å². The van der Waals surface area contributed by atoms with Crippen LogP contribution >= 0.6 is 11.3 Å². The molecule has 0 bridgehead atoms. The minimum atomic E-state index is -0.379. The number of hydrogen-bond acceptors (Lipinski definition) is 5. The summed E-state index contributed by atoms with van der Waals surface area (Å²) in [6, 6.07) is 1.62. The van der Waals surface area contributed by atoms with E-state index >= 15 is 0 Å². The van der Waals surface area contributed by atoms with Crippen molar-refractivity contribution in [1.29, 1.82) is 0 Å². The van der Waals surface area contributed by atoms with E-state index in [0.717, 1.165) is 24.3 Å². The van der Waals surface area contributed by atoms with E-state index in [2.05, 4.69) is 17.6 Å². The lowest BCUT2D eigenvalue weighted by atomic mass is 10.0. The van der Waals surface area contributed by atoms with Crippen molar-refractivity contribution in [3.8, 4) is 0 Å². The van der Waals surface area contributed by atoms with Gasteiger partial charge in [0.15, 0.2) is 0 Å². The third-order valence-corrected chi connectivity index (χ3v) is 4.87. The molecule has 0 spiro atoms. The molecule has 6 heteroatoms. The highest BCUT2D eigenvalue weighted by molar-refractivity contribution is 7.16. The average Bonchev–Trinajstić information content (AvgIpc) is 3.05. The lowest BCUT2D eigenvalue weighted by molar-refractivity contribution is -0.118. The van der Waals surface area contributed by atoms with Crippen LogP contribution in [0.2, 0.25) is 0 Å². The summed E-state index contributed by atoms with van der Waals surface area (Å²) in [5.74, 6) is -0.145. The lowest BCUT2D eigenvalue weighted by Crippen LogP contribution is -2.39. The van der Waals surface area contributed by atoms with E-state index in [1.807, 2.05) is 13.0 Å². The largest absolute Gasteiger partial charge is 0.462 e. The number of hydrogen-bond donors (Lipinski definition) is 2. The lowest BCUT2D eigenvalue weighted by Gasteiger charge is -2.15. The number of nitrogens with one attached hydrogen (secondary N) is 2. The third kappa shape index (κ3) is 3.63. The number of ether oxygens (including phenoxy) is 1. The fourth-order valence-electron chi connectivity index (χ4n) is 2.44. The normalized spacial score (nSPS) is 21.3. The van der Waals surface area contributed by atoms with Gasteiger partial charge < -0.3 is 15.4 Å². The first-order valence-electron chi connectivity index (χ1n) is 7.40. The van der Waals surface area contributed by atoms with Crippen LogP contribution in [-0.2, 0) is 16.0 Å². The highest BCUT2D eigenvalue weighted by Gasteiger charge is 2.30. The van der Waals surface area contributed by atoms with Crippen molar-refractivity contribution in [2.75, 3.05) is 18.5 Å². The SMILES string of the molecule is CCOC(=O)c1cc(CC)sc1NC(=O)C1NCCC1C. The highest BCUT2D eigenvalue weighted by atomic mass is 32.1. The van der Waals surface area contributed by atoms with Gasteiger partial charge in [-0.1, -0.05) is 13.8 Å². The fourth-order valence-corrected chi connectivity index (χ4v) is 3.43. The summed E-state index contributed by atoms with van der Waals surface area (Å²) in [6.07, 6.45) is 1.82. The topological polar surface area (TPSA) is 67.4 Å². The molecule has 0 saturated carbocycles. The van der Waals surface area contributed by atoms with Crippen LogP contribution in [-0.4, -0.2) is 31.1 Å². The van der Waals surface area contributed by atoms with E-state index < -0.39 is 0 Å². The standard InChI is InChI=1S/C15H22N2O3S/c1-4-10-8-11(15(19)20-5-2)14(21-10)17-13(18)12-9(3)6-7-16-12/h8-9,12,16H,4-7H2,1-3H3,(H,17,18). The number of thiophene rings is 1. The van der Waals surface area contributed by atoms with Gasteiger partial charge in [-0.05, 0) is 38.3 Å². The maximum atomic E-state index is 12.3. The van der Waals surface area contributed by atoms with Gasteiger partial charge in [-0.15, -0.1) is 11.3 Å². The maximum Gasteiger partial charge on any atom is 0.341 e. The molecule has 2 unspecified atom stereocenters. The number of esters is 1. The summed E-state index contributed by atoms with van der Waals surface area (Å²) in [7, 11) is 0. The van der Waals surface area contributed by atoms with Gasteiger partial charge in [0.05, 0.1) is 18.2 Å². The molecule has 2 heterocycles. The quantitative estimate of drug-likeness (QED) is 0.820. The van der Waals surface area contributed by atoms with Crippen molar-refractivity contribution in [1.82, 2.24) is 5.32 Å². The van der Waals surface area contributed by atoms with Gasteiger partial charge in [0.2, 0.25) is 5.91 Å². The Balaban J connectivity index is 2.16. The van der Waals surface area contributed by atoms with Crippen molar-refractivity contribution >= 4 is 28.2 Å². The predicted octanol–water partition coefficient (Wildman–Crippen LogP) is 2.42. The summed E-state index contributed by atoms with van der Waals surface area (Å²) in [6.45, 7) is 7.03. The monoisotopic (exact) mass is 310 g/mol. The molecule has 116 valence electrons. The van der Waals surface area contributed by atoms with Gasteiger partial charge in [-0.2, -0.15) is 0 Å². The van der Waals surface area contributed by atoms with Crippen LogP contribution in [0.4, 0.5) is 5.00 Å². The first-order chi connectivity index (χ1) is 10.1. The number of carbonyl (C=O) groups excluding carboxylic acids is 2. The molecule has 0 aliphatic carbocycles. The molecular formula is C15H22N2O3S. The molecule has 1 fully saturated rings. The van der Waals surface area contributed by atoms with Gasteiger partial charge in [-0.3, -0.25) is 4.79 Å². The minimum absolute atomic E-state index is 0.0740. The summed E-state index contributed by atoms with van der Waals surface area (Å²) >= 11 is 1.44. The molecule has 1 saturated heterocycles. The molecule has 1 aromatic heterocycles. The fraction of sp³-hybridized carbons (Fsp3) is 0.600. The van der Waals surface area contributed by atoms with E-state index in [1.54, 1.807) is 6.92 Å². The Hall–Kier alpha value is -1.40. The third-order valence-electron chi connectivity index (χ3n) is 3.68. The molecule has 2 N–H and O–H groups in total. The van der Waals surface area contributed by atoms with Crippen molar-refractivity contribution in [3.63, 3.8) is 0 Å². The van der Waals surface area contributed by atoms with Gasteiger partial charge in [0.1, 0.15) is 5.00 Å². The average molecular weight is 310 g/mol. The van der Waals surface area contributed by atoms with E-state index in [0.29, 0.717) is 23.1 Å². The van der Waals surface area contributed by atoms with Gasteiger partial charge in [-0.25, -0.2) is 4.79 Å². The van der Waals surface area contributed by atoms with E-state index in [4.69, 9.17) is 4.74 Å². The Bertz CT molecular complexity index is 527. The molecule has 1 aliphatic rings. The van der Waals surface area contributed by atoms with Crippen LogP contribution < -0.4 is 10.6 Å². The second-order valence-corrected chi connectivity index (χ2v) is 6.35. The molecule has 5 nitrogen and oxygen atoms in total. The molecule has 1 aromatic rings. The summed E-state index contributed by atoms with van der Waals surface area (Å²) < 4.78 is 5.06. The van der Waals surface area contributed by atoms with Gasteiger partial charge in [0.25, 0.3) is 0 Å². The second-order valence-electron chi connectivity index (χ2n) is 5.22. The Labute approximate surface area is 129 Å². The molecule has 2 atom stereocenters. The summed E-state index contributed by atoms with van der Waals surface area (Å²) in [4.78, 5) is 25.4. The van der Waals surface area contributed by atoms with E-state index in [1.165, 1.54) is 11.3 Å². The maximum absolute atomic E-state index is 12.3. The number of rotatable bonds is 5. The Morgan fingerprint density at radius 1 is 1.48 bits per heavy atom. The zero-order valence-corrected chi connectivity index (χ0v) is 13.5. The van der Waals surface area contributed by atoms with Crippen molar-refractivity contribution in [2.24, 2.45) is 5.92 Å². The number of aryl methyl sites for hydroxylation is 1. The first kappa shape index (κ1) is 16.0. The minimum Gasteiger partial charge on any atom is -0.462 e. The van der Waals surface area contributed by atoms with Crippen LogP contribution in [0.15, 0.2) is 6.07 Å². The first-order valence-corrected chi connectivity index (χ1v) is 8.22. The van der Waals surface area contributed by atoms with Crippen LogP contribution in [0, 0.1) is 5.92 Å². The smallest absolute Gasteiger partial charge is 0.341 e. The van der Waals surface area contributed by atoms with Crippen molar-refractivity contribution in [2.45, 2.75) is 39.7 Å². The van der Waals surface area contributed by atoms with Crippen molar-refractivity contribution < 1.29 is 14.3 Å². The summed E-state index contributed by atoms with van der Waals surface area (Å²) in [5, 5.41) is 6.68. The van der Waals surface area contributed by atoms with Crippen LogP contribution in [0.25, 0.3) is 0 Å². The molecule has 2 rings (SSSR count). The van der Waals surface area contributed by atoms with Crippen molar-refractivity contribution in [3.05, 3.63) is 16.5 Å². The predicted molar refractivity (Wildman–Crippen MR) is 83.9 cm³/mol. The number of amides is 1. The zero-order chi connectivity index (χ0) is 15.4. The molecular weight excluding hydrogens is 288 g/mol.